The van der Waals surface area contributed by atoms with E-state index in [1.165, 1.54) is 12.1 Å². The van der Waals surface area contributed by atoms with Crippen molar-refractivity contribution in [2.45, 2.75) is 32.0 Å². The van der Waals surface area contributed by atoms with E-state index in [4.69, 9.17) is 4.74 Å². The Labute approximate surface area is 117 Å². The number of aliphatic hydroxyl groups excluding tert-OH is 1. The van der Waals surface area contributed by atoms with E-state index >= 15 is 0 Å². The van der Waals surface area contributed by atoms with E-state index in [2.05, 4.69) is 0 Å². The lowest BCUT2D eigenvalue weighted by molar-refractivity contribution is 0.138. The molecule has 20 heavy (non-hydrogen) atoms. The maximum atomic E-state index is 12.9. The van der Waals surface area contributed by atoms with Crippen molar-refractivity contribution < 1.29 is 14.2 Å². The highest BCUT2D eigenvalue weighted by molar-refractivity contribution is 5.44. The largest absolute Gasteiger partial charge is 0.487 e. The smallest absolute Gasteiger partial charge is 0.123 e. The molecule has 0 fully saturated rings. The predicted octanol–water partition coefficient (Wildman–Crippen LogP) is 3.62. The maximum Gasteiger partial charge on any atom is 0.123 e. The summed E-state index contributed by atoms with van der Waals surface area (Å²) in [7, 11) is 0. The number of rotatable bonds is 2. The molecule has 0 saturated carbocycles. The third kappa shape index (κ3) is 2.41. The van der Waals surface area contributed by atoms with Crippen LogP contribution in [0.1, 0.15) is 36.6 Å². The molecule has 1 heterocycles. The lowest BCUT2D eigenvalue weighted by atomic mass is 9.96. The zero-order valence-corrected chi connectivity index (χ0v) is 11.6. The van der Waals surface area contributed by atoms with E-state index < -0.39 is 6.10 Å². The van der Waals surface area contributed by atoms with E-state index in [1.54, 1.807) is 12.1 Å². The van der Waals surface area contributed by atoms with Crippen molar-refractivity contribution in [2.75, 3.05) is 0 Å². The Hall–Kier alpha value is -1.87. The first kappa shape index (κ1) is 13.1. The van der Waals surface area contributed by atoms with E-state index in [-0.39, 0.29) is 11.4 Å². The second-order valence-corrected chi connectivity index (χ2v) is 5.86. The van der Waals surface area contributed by atoms with Crippen molar-refractivity contribution in [2.24, 2.45) is 0 Å². The standard InChI is InChI=1S/C17H17FO2/c1-17(2)10-13-9-12(5-8-15(13)20-17)16(19)11-3-6-14(18)7-4-11/h3-9,16,19H,10H2,1-2H3. The van der Waals surface area contributed by atoms with Crippen molar-refractivity contribution in [3.05, 3.63) is 65.0 Å². The highest BCUT2D eigenvalue weighted by Gasteiger charge is 2.30. The summed E-state index contributed by atoms with van der Waals surface area (Å²) in [6.07, 6.45) is 0.0800. The summed E-state index contributed by atoms with van der Waals surface area (Å²) in [4.78, 5) is 0. The van der Waals surface area contributed by atoms with E-state index in [0.29, 0.717) is 5.56 Å². The van der Waals surface area contributed by atoms with Gasteiger partial charge < -0.3 is 9.84 Å². The van der Waals surface area contributed by atoms with Crippen molar-refractivity contribution in [1.82, 2.24) is 0 Å². The van der Waals surface area contributed by atoms with Gasteiger partial charge in [0.25, 0.3) is 0 Å². The van der Waals surface area contributed by atoms with Gasteiger partial charge in [-0.1, -0.05) is 18.2 Å². The molecule has 0 radical (unpaired) electrons. The first-order valence-electron chi connectivity index (χ1n) is 6.70. The second-order valence-electron chi connectivity index (χ2n) is 5.86. The number of hydrogen-bond donors (Lipinski definition) is 1. The molecule has 2 aromatic rings. The molecule has 0 spiro atoms. The number of hydrogen-bond acceptors (Lipinski definition) is 2. The summed E-state index contributed by atoms with van der Waals surface area (Å²) < 4.78 is 18.7. The van der Waals surface area contributed by atoms with Crippen LogP contribution in [0.3, 0.4) is 0 Å². The van der Waals surface area contributed by atoms with Gasteiger partial charge in [-0.3, -0.25) is 0 Å². The molecule has 3 heteroatoms. The fourth-order valence-electron chi connectivity index (χ4n) is 2.64. The maximum absolute atomic E-state index is 12.9. The van der Waals surface area contributed by atoms with Gasteiger partial charge in [0.15, 0.2) is 0 Å². The topological polar surface area (TPSA) is 29.5 Å². The molecule has 0 aromatic heterocycles. The predicted molar refractivity (Wildman–Crippen MR) is 75.3 cm³/mol. The van der Waals surface area contributed by atoms with E-state index in [9.17, 15) is 9.50 Å². The molecule has 3 rings (SSSR count). The number of benzene rings is 2. The van der Waals surface area contributed by atoms with Crippen molar-refractivity contribution >= 4 is 0 Å². The fourth-order valence-corrected chi connectivity index (χ4v) is 2.64. The van der Waals surface area contributed by atoms with Crippen LogP contribution in [0.25, 0.3) is 0 Å². The zero-order chi connectivity index (χ0) is 14.3. The van der Waals surface area contributed by atoms with Gasteiger partial charge in [0, 0.05) is 6.42 Å². The van der Waals surface area contributed by atoms with Crippen LogP contribution in [0.2, 0.25) is 0 Å². The van der Waals surface area contributed by atoms with Gasteiger partial charge >= 0.3 is 0 Å². The molecule has 0 bridgehead atoms. The number of fused-ring (bicyclic) bond motifs is 1. The van der Waals surface area contributed by atoms with E-state index in [1.807, 2.05) is 32.0 Å². The lowest BCUT2D eigenvalue weighted by Crippen LogP contribution is -2.24. The minimum Gasteiger partial charge on any atom is -0.487 e. The average molecular weight is 272 g/mol. The van der Waals surface area contributed by atoms with Gasteiger partial charge in [-0.05, 0) is 54.8 Å². The molecule has 0 aliphatic carbocycles. The van der Waals surface area contributed by atoms with Gasteiger partial charge in [-0.15, -0.1) is 0 Å². The quantitative estimate of drug-likeness (QED) is 0.904. The van der Waals surface area contributed by atoms with Crippen LogP contribution >= 0.6 is 0 Å². The highest BCUT2D eigenvalue weighted by atomic mass is 19.1. The monoisotopic (exact) mass is 272 g/mol. The Kier molecular flexibility index (Phi) is 3.02. The minimum absolute atomic E-state index is 0.193. The van der Waals surface area contributed by atoms with Crippen LogP contribution < -0.4 is 4.74 Å². The molecule has 0 saturated heterocycles. The van der Waals surface area contributed by atoms with Crippen LogP contribution in [0, 0.1) is 5.82 Å². The number of halogens is 1. The first-order chi connectivity index (χ1) is 9.44. The fraction of sp³-hybridized carbons (Fsp3) is 0.294. The zero-order valence-electron chi connectivity index (χ0n) is 11.6. The third-order valence-electron chi connectivity index (χ3n) is 3.59. The lowest BCUT2D eigenvalue weighted by Gasteiger charge is -2.16. The van der Waals surface area contributed by atoms with Crippen LogP contribution in [0.15, 0.2) is 42.5 Å². The Morgan fingerprint density at radius 1 is 1.10 bits per heavy atom. The van der Waals surface area contributed by atoms with Gasteiger partial charge in [-0.2, -0.15) is 0 Å². The normalized spacial score (nSPS) is 17.4. The van der Waals surface area contributed by atoms with Crippen molar-refractivity contribution in [3.63, 3.8) is 0 Å². The summed E-state index contributed by atoms with van der Waals surface area (Å²) in [6.45, 7) is 4.09. The third-order valence-corrected chi connectivity index (χ3v) is 3.59. The highest BCUT2D eigenvalue weighted by Crippen LogP contribution is 2.37. The molecule has 1 aliphatic rings. The molecule has 1 N–H and O–H groups in total. The van der Waals surface area contributed by atoms with Crippen molar-refractivity contribution in [3.8, 4) is 5.75 Å². The average Bonchev–Trinajstić information content (AvgIpc) is 2.71. The van der Waals surface area contributed by atoms with Gasteiger partial charge in [0.05, 0.1) is 0 Å². The second kappa shape index (κ2) is 4.60. The number of aliphatic hydroxyl groups is 1. The van der Waals surface area contributed by atoms with Crippen LogP contribution in [0.5, 0.6) is 5.75 Å². The summed E-state index contributed by atoms with van der Waals surface area (Å²) in [5.41, 5.74) is 2.40. The molecule has 1 unspecified atom stereocenters. The SMILES string of the molecule is CC1(C)Cc2cc(C(O)c3ccc(F)cc3)ccc2O1. The molecule has 1 aliphatic heterocycles. The molecular formula is C17H17FO2. The van der Waals surface area contributed by atoms with Gasteiger partial charge in [-0.25, -0.2) is 4.39 Å². The van der Waals surface area contributed by atoms with Gasteiger partial charge in [0.1, 0.15) is 23.3 Å². The molecule has 1 atom stereocenters. The Bertz CT molecular complexity index is 632. The summed E-state index contributed by atoms with van der Waals surface area (Å²) >= 11 is 0. The number of ether oxygens (including phenoxy) is 1. The Morgan fingerprint density at radius 3 is 2.45 bits per heavy atom. The molecule has 104 valence electrons. The molecule has 0 amide bonds. The van der Waals surface area contributed by atoms with Crippen LogP contribution in [-0.2, 0) is 6.42 Å². The summed E-state index contributed by atoms with van der Waals surface area (Å²) in [5, 5.41) is 10.4. The molecule has 2 nitrogen and oxygen atoms in total. The summed E-state index contributed by atoms with van der Waals surface area (Å²) in [6, 6.07) is 11.6. The van der Waals surface area contributed by atoms with Crippen molar-refractivity contribution in [1.29, 1.82) is 0 Å². The summed E-state index contributed by atoms with van der Waals surface area (Å²) in [5.74, 6) is 0.579. The Morgan fingerprint density at radius 2 is 1.75 bits per heavy atom. The first-order valence-corrected chi connectivity index (χ1v) is 6.70. The molecular weight excluding hydrogens is 255 g/mol. The molecule has 2 aromatic carbocycles. The minimum atomic E-state index is -0.746. The van der Waals surface area contributed by atoms with E-state index in [0.717, 1.165) is 23.3 Å². The van der Waals surface area contributed by atoms with Crippen LogP contribution in [-0.4, -0.2) is 10.7 Å². The van der Waals surface area contributed by atoms with Gasteiger partial charge in [0.2, 0.25) is 0 Å². The Balaban J connectivity index is 1.90. The van der Waals surface area contributed by atoms with Crippen LogP contribution in [0.4, 0.5) is 4.39 Å².